The number of carbonyl (C=O) groups is 1. The summed E-state index contributed by atoms with van der Waals surface area (Å²) in [7, 11) is -7.20. The SMILES string of the molecule is C.C.Cc1ccc(S(=O)(=O)N/N=C2\CCc3c(F)cccc32)cc1.Cc1ccc(S(=O)(=O)NN)cc1.Fc1cccc2c1CCC2Oc1cncc(Cl)c1.O=C1CCc2c(F)cccc21.Oc1cncc(Cl)c1. The predicted octanol–water partition coefficient (Wildman–Crippen LogP) is 11.5. The maximum Gasteiger partial charge on any atom is 0.276 e. The normalized spacial score (nSPS) is 14.3. The average Bonchev–Trinajstić information content (AvgIpc) is 4.08. The molecule has 13 nitrogen and oxygen atoms in total. The third-order valence-electron chi connectivity index (χ3n) is 11.0. The van der Waals surface area contributed by atoms with Crippen LogP contribution in [0.2, 0.25) is 10.0 Å². The molecule has 20 heteroatoms. The van der Waals surface area contributed by atoms with Crippen LogP contribution in [-0.2, 0) is 39.3 Å². The van der Waals surface area contributed by atoms with E-state index in [0.717, 1.165) is 28.7 Å². The van der Waals surface area contributed by atoms with E-state index in [0.29, 0.717) is 75.9 Å². The van der Waals surface area contributed by atoms with Gasteiger partial charge in [0.05, 0.1) is 37.9 Å². The molecule has 0 amide bonds. The summed E-state index contributed by atoms with van der Waals surface area (Å²) >= 11 is 11.3. The number of aromatic hydroxyl groups is 1. The van der Waals surface area contributed by atoms with Gasteiger partial charge in [-0.15, -0.1) is 0 Å². The highest BCUT2D eigenvalue weighted by molar-refractivity contribution is 7.89. The Labute approximate surface area is 434 Å². The molecular weight excluding hydrogens is 1020 g/mol. The maximum absolute atomic E-state index is 13.6. The lowest BCUT2D eigenvalue weighted by atomic mass is 10.1. The fraction of sp³-hybridized carbons (Fsp3) is 0.208. The van der Waals surface area contributed by atoms with Crippen LogP contribution >= 0.6 is 23.2 Å². The van der Waals surface area contributed by atoms with Crippen molar-refractivity contribution < 1.29 is 44.6 Å². The number of hydrogen-bond acceptors (Lipinski definition) is 11. The number of aryl methyl sites for hydroxylation is 2. The van der Waals surface area contributed by atoms with Crippen LogP contribution in [0.5, 0.6) is 11.5 Å². The van der Waals surface area contributed by atoms with Crippen molar-refractivity contribution in [1.29, 1.82) is 0 Å². The Morgan fingerprint density at radius 2 is 1.15 bits per heavy atom. The third kappa shape index (κ3) is 16.2. The number of aromatic nitrogens is 2. The van der Waals surface area contributed by atoms with Crippen molar-refractivity contribution in [1.82, 2.24) is 19.6 Å². The molecule has 1 unspecified atom stereocenters. The zero-order chi connectivity index (χ0) is 51.3. The van der Waals surface area contributed by atoms with E-state index >= 15 is 0 Å². The van der Waals surface area contributed by atoms with Gasteiger partial charge < -0.3 is 9.84 Å². The number of nitrogens with zero attached hydrogens (tertiary/aromatic N) is 3. The van der Waals surface area contributed by atoms with E-state index in [2.05, 4.69) is 19.9 Å². The summed E-state index contributed by atoms with van der Waals surface area (Å²) in [6, 6.07) is 30.6. The molecule has 10 rings (SSSR count). The van der Waals surface area contributed by atoms with Crippen molar-refractivity contribution in [3.05, 3.63) is 212 Å². The van der Waals surface area contributed by atoms with Crippen LogP contribution in [-0.4, -0.2) is 43.4 Å². The Morgan fingerprint density at radius 3 is 1.68 bits per heavy atom. The summed E-state index contributed by atoms with van der Waals surface area (Å²) in [4.78, 5) is 22.9. The number of ether oxygens (including phenoxy) is 1. The molecule has 5 aromatic carbocycles. The average molecular weight is 1080 g/mol. The van der Waals surface area contributed by atoms with Crippen LogP contribution < -0.4 is 20.2 Å². The number of hydrazine groups is 1. The van der Waals surface area contributed by atoms with Crippen LogP contribution in [0.15, 0.2) is 155 Å². The number of sulfonamides is 2. The molecule has 2 aromatic heterocycles. The highest BCUT2D eigenvalue weighted by Gasteiger charge is 2.27. The number of hydrogen-bond donors (Lipinski definition) is 4. The third-order valence-corrected chi connectivity index (χ3v) is 13.8. The van der Waals surface area contributed by atoms with Crippen LogP contribution in [0.4, 0.5) is 13.2 Å². The lowest BCUT2D eigenvalue weighted by Gasteiger charge is -2.14. The summed E-state index contributed by atoms with van der Waals surface area (Å²) < 4.78 is 92.5. The van der Waals surface area contributed by atoms with Gasteiger partial charge in [-0.2, -0.15) is 23.2 Å². The molecule has 0 saturated heterocycles. The fourth-order valence-corrected chi connectivity index (χ4v) is 9.20. The van der Waals surface area contributed by atoms with Gasteiger partial charge in [-0.3, -0.25) is 20.6 Å². The molecule has 3 aliphatic carbocycles. The summed E-state index contributed by atoms with van der Waals surface area (Å²) in [6.07, 6.45) is 9.42. The van der Waals surface area contributed by atoms with E-state index < -0.39 is 20.0 Å². The molecule has 7 aromatic rings. The Kier molecular flexibility index (Phi) is 21.7. The van der Waals surface area contributed by atoms with Crippen molar-refractivity contribution in [3.8, 4) is 11.5 Å². The van der Waals surface area contributed by atoms with Crippen molar-refractivity contribution in [3.63, 3.8) is 0 Å². The highest BCUT2D eigenvalue weighted by atomic mass is 35.5. The Balaban J connectivity index is 0.000000205. The minimum absolute atomic E-state index is 0. The molecule has 73 heavy (non-hydrogen) atoms. The molecule has 0 bridgehead atoms. The molecule has 0 saturated carbocycles. The first kappa shape index (κ1) is 58.9. The first-order valence-corrected chi connectivity index (χ1v) is 25.4. The second kappa shape index (κ2) is 26.9. The van der Waals surface area contributed by atoms with E-state index in [1.807, 2.05) is 19.9 Å². The van der Waals surface area contributed by atoms with E-state index in [-0.39, 0.29) is 59.7 Å². The number of carbonyl (C=O) groups excluding carboxylic acids is 1. The number of nitrogens with one attached hydrogen (secondary N) is 2. The molecule has 0 radical (unpaired) electrons. The molecule has 386 valence electrons. The van der Waals surface area contributed by atoms with Gasteiger partial charge in [0.15, 0.2) is 5.78 Å². The van der Waals surface area contributed by atoms with E-state index in [9.17, 15) is 34.8 Å². The van der Waals surface area contributed by atoms with Gasteiger partial charge >= 0.3 is 0 Å². The monoisotopic (exact) mass is 1080 g/mol. The first-order chi connectivity index (χ1) is 33.8. The quantitative estimate of drug-likeness (QED) is 0.0878. The van der Waals surface area contributed by atoms with Gasteiger partial charge in [-0.25, -0.2) is 21.6 Å². The standard InChI is InChI=1S/C16H15FN2O2S.C14H11ClFNO.C9H7FO.C7H10N2O2S.C5H4ClNO.2CH4/c1-11-5-7-12(8-6-11)22(20,21)19-18-16-10-9-13-14(16)3-2-4-15(13)17;15-9-6-10(8-17-7-9)18-14-5-4-11-12(14)2-1-3-13(11)16;10-8-3-1-2-7-6(8)4-5-9(7)11;1-6-2-4-7(5-3-6)12(10,11)9-8;6-4-1-5(8)3-7-2-4;;/h2-8,19H,9-10H2,1H3;1-3,6-8,14H,4-5H2;1-3H,4-5H2;2-5,9H,8H2,1H3;1-3,8H;2*1H4/b18-16+;;;;;;. The summed E-state index contributed by atoms with van der Waals surface area (Å²) in [5.41, 5.74) is 6.67. The van der Waals surface area contributed by atoms with Crippen molar-refractivity contribution in [2.24, 2.45) is 10.9 Å². The minimum atomic E-state index is -3.71. The number of nitrogens with two attached hydrogens (primary N) is 1. The topological polar surface area (TPSA) is 203 Å². The molecule has 0 spiro atoms. The molecule has 2 heterocycles. The predicted molar refractivity (Wildman–Crippen MR) is 279 cm³/mol. The van der Waals surface area contributed by atoms with Crippen molar-refractivity contribution in [2.45, 2.75) is 83.1 Å². The molecule has 0 aliphatic heterocycles. The fourth-order valence-electron chi connectivity index (χ4n) is 7.41. The molecule has 0 fully saturated rings. The van der Waals surface area contributed by atoms with Gasteiger partial charge in [0.1, 0.15) is 35.1 Å². The Morgan fingerprint density at radius 1 is 0.644 bits per heavy atom. The molecular formula is C53H55Cl2F3N6O7S2. The summed E-state index contributed by atoms with van der Waals surface area (Å²) in [5, 5.41) is 13.6. The van der Waals surface area contributed by atoms with Crippen LogP contribution in [0.25, 0.3) is 0 Å². The zero-order valence-electron chi connectivity index (χ0n) is 38.1. The second-order valence-corrected chi connectivity index (χ2v) is 20.3. The number of halogens is 5. The molecule has 5 N–H and O–H groups in total. The number of fused-ring (bicyclic) bond motifs is 3. The first-order valence-electron chi connectivity index (χ1n) is 21.7. The zero-order valence-corrected chi connectivity index (χ0v) is 41.3. The number of ketones is 1. The van der Waals surface area contributed by atoms with Crippen LogP contribution in [0.3, 0.4) is 0 Å². The van der Waals surface area contributed by atoms with Crippen molar-refractivity contribution >= 4 is 54.7 Å². The van der Waals surface area contributed by atoms with Gasteiger partial charge in [-0.05, 0) is 111 Å². The number of benzene rings is 5. The van der Waals surface area contributed by atoms with Gasteiger partial charge in [0, 0.05) is 42.1 Å². The molecule has 1 atom stereocenters. The number of rotatable bonds is 7. The van der Waals surface area contributed by atoms with Crippen LogP contribution in [0.1, 0.15) is 89.5 Å². The second-order valence-electron chi connectivity index (χ2n) is 16.0. The van der Waals surface area contributed by atoms with E-state index in [1.54, 1.807) is 77.9 Å². The number of Topliss-reactive ketones (excluding diaryl/α,β-unsaturated/α-hetero) is 1. The Bertz CT molecular complexity index is 3250. The smallest absolute Gasteiger partial charge is 0.276 e. The van der Waals surface area contributed by atoms with Crippen LogP contribution in [0, 0.1) is 31.3 Å². The number of pyridine rings is 2. The summed E-state index contributed by atoms with van der Waals surface area (Å²) in [5.74, 6) is 4.95. The lowest BCUT2D eigenvalue weighted by Crippen LogP contribution is -2.30. The number of hydrazone groups is 1. The molecule has 3 aliphatic rings. The van der Waals surface area contributed by atoms with Gasteiger partial charge in [-0.1, -0.05) is 110 Å². The van der Waals surface area contributed by atoms with E-state index in [4.69, 9.17) is 38.9 Å². The maximum atomic E-state index is 13.6. The summed E-state index contributed by atoms with van der Waals surface area (Å²) in [6.45, 7) is 3.76. The minimum Gasteiger partial charge on any atom is -0.506 e. The largest absolute Gasteiger partial charge is 0.506 e. The van der Waals surface area contributed by atoms with Gasteiger partial charge in [0.25, 0.3) is 20.0 Å². The van der Waals surface area contributed by atoms with Crippen molar-refractivity contribution in [2.75, 3.05) is 0 Å². The Hall–Kier alpha value is -6.67. The van der Waals surface area contributed by atoms with E-state index in [1.165, 1.54) is 60.9 Å². The van der Waals surface area contributed by atoms with Gasteiger partial charge in [0.2, 0.25) is 0 Å². The lowest BCUT2D eigenvalue weighted by molar-refractivity contribution is 0.0994. The highest BCUT2D eigenvalue weighted by Crippen LogP contribution is 2.36.